The molecule has 0 aromatic heterocycles. The van der Waals surface area contributed by atoms with E-state index in [4.69, 9.17) is 10.3 Å². The van der Waals surface area contributed by atoms with Gasteiger partial charge in [-0.25, -0.2) is 10.3 Å². The zero-order valence-corrected chi connectivity index (χ0v) is 13.3. The standard InChI is InChI=1S/C19H19N2S/c22-14-8-7-13-17-20-18(15-9-3-1-4-10-15)19(21-17)16-11-5-2-6-12-16/h1-6,9-12,22H,7-8,13-14H2. The van der Waals surface area contributed by atoms with Gasteiger partial charge in [-0.3, -0.25) is 0 Å². The van der Waals surface area contributed by atoms with Gasteiger partial charge in [0.1, 0.15) is 5.84 Å². The van der Waals surface area contributed by atoms with E-state index in [0.717, 1.165) is 53.4 Å². The normalized spacial score (nSPS) is 14.0. The number of rotatable bonds is 6. The minimum atomic E-state index is 0.910. The summed E-state index contributed by atoms with van der Waals surface area (Å²) in [5, 5.41) is 4.79. The van der Waals surface area contributed by atoms with E-state index in [9.17, 15) is 0 Å². The molecule has 1 heterocycles. The quantitative estimate of drug-likeness (QED) is 0.595. The number of aliphatic imine (C=N–C) groups is 1. The molecule has 0 spiro atoms. The van der Waals surface area contributed by atoms with Gasteiger partial charge in [-0.2, -0.15) is 12.6 Å². The Morgan fingerprint density at radius 2 is 1.32 bits per heavy atom. The Morgan fingerprint density at radius 1 is 0.727 bits per heavy atom. The molecule has 3 heteroatoms. The van der Waals surface area contributed by atoms with Crippen molar-refractivity contribution >= 4 is 29.9 Å². The van der Waals surface area contributed by atoms with Gasteiger partial charge in [0.15, 0.2) is 0 Å². The molecule has 1 aliphatic rings. The van der Waals surface area contributed by atoms with Crippen LogP contribution >= 0.6 is 12.6 Å². The van der Waals surface area contributed by atoms with Crippen molar-refractivity contribution in [3.8, 4) is 0 Å². The highest BCUT2D eigenvalue weighted by atomic mass is 32.1. The van der Waals surface area contributed by atoms with Crippen LogP contribution in [0.1, 0.15) is 30.4 Å². The Hall–Kier alpha value is -2.00. The van der Waals surface area contributed by atoms with Crippen LogP contribution < -0.4 is 5.32 Å². The molecule has 2 nitrogen and oxygen atoms in total. The second-order valence-corrected chi connectivity index (χ2v) is 5.70. The summed E-state index contributed by atoms with van der Waals surface area (Å²) in [6.45, 7) is 0. The van der Waals surface area contributed by atoms with E-state index in [0.29, 0.717) is 0 Å². The molecule has 2 aromatic carbocycles. The van der Waals surface area contributed by atoms with Crippen LogP contribution in [0.4, 0.5) is 0 Å². The van der Waals surface area contributed by atoms with Crippen molar-refractivity contribution in [2.75, 3.05) is 5.75 Å². The van der Waals surface area contributed by atoms with Crippen molar-refractivity contribution in [1.29, 1.82) is 0 Å². The molecular weight excluding hydrogens is 288 g/mol. The molecular formula is C19H19N2S. The van der Waals surface area contributed by atoms with Crippen LogP contribution in [0.3, 0.4) is 0 Å². The summed E-state index contributed by atoms with van der Waals surface area (Å²) in [6, 6.07) is 20.6. The molecule has 0 atom stereocenters. The fourth-order valence-electron chi connectivity index (χ4n) is 2.49. The number of unbranched alkanes of at least 4 members (excludes halogenated alkanes) is 1. The first-order valence-corrected chi connectivity index (χ1v) is 8.27. The maximum absolute atomic E-state index is 4.79. The molecule has 22 heavy (non-hydrogen) atoms. The van der Waals surface area contributed by atoms with Gasteiger partial charge in [-0.1, -0.05) is 60.7 Å². The van der Waals surface area contributed by atoms with Crippen LogP contribution in [-0.4, -0.2) is 11.6 Å². The van der Waals surface area contributed by atoms with Crippen molar-refractivity contribution in [3.63, 3.8) is 0 Å². The maximum atomic E-state index is 4.79. The molecule has 0 saturated heterocycles. The van der Waals surface area contributed by atoms with Crippen LogP contribution in [0.5, 0.6) is 0 Å². The van der Waals surface area contributed by atoms with E-state index in [-0.39, 0.29) is 0 Å². The van der Waals surface area contributed by atoms with Crippen molar-refractivity contribution < 1.29 is 0 Å². The third-order valence-corrected chi connectivity index (χ3v) is 3.93. The molecule has 3 rings (SSSR count). The van der Waals surface area contributed by atoms with Crippen molar-refractivity contribution in [2.24, 2.45) is 4.99 Å². The summed E-state index contributed by atoms with van der Waals surface area (Å²) in [5.74, 6) is 1.84. The summed E-state index contributed by atoms with van der Waals surface area (Å²) >= 11 is 4.27. The van der Waals surface area contributed by atoms with E-state index in [2.05, 4.69) is 36.9 Å². The molecule has 1 aliphatic heterocycles. The minimum Gasteiger partial charge on any atom is -0.231 e. The highest BCUT2D eigenvalue weighted by Crippen LogP contribution is 2.31. The fourth-order valence-corrected chi connectivity index (χ4v) is 2.71. The average molecular weight is 307 g/mol. The lowest BCUT2D eigenvalue weighted by atomic mass is 10.1. The van der Waals surface area contributed by atoms with Crippen molar-refractivity contribution in [2.45, 2.75) is 19.3 Å². The summed E-state index contributed by atoms with van der Waals surface area (Å²) < 4.78 is 0. The second kappa shape index (κ2) is 7.32. The van der Waals surface area contributed by atoms with E-state index in [1.54, 1.807) is 0 Å². The molecule has 0 amide bonds. The van der Waals surface area contributed by atoms with Crippen LogP contribution in [0.25, 0.3) is 11.4 Å². The number of hydrogen-bond acceptors (Lipinski definition) is 2. The van der Waals surface area contributed by atoms with E-state index in [1.807, 2.05) is 36.4 Å². The van der Waals surface area contributed by atoms with Crippen LogP contribution in [-0.2, 0) is 0 Å². The lowest BCUT2D eigenvalue weighted by Gasteiger charge is -2.06. The van der Waals surface area contributed by atoms with Crippen LogP contribution in [0, 0.1) is 0 Å². The lowest BCUT2D eigenvalue weighted by molar-refractivity contribution is 0.835. The zero-order valence-electron chi connectivity index (χ0n) is 12.4. The molecule has 111 valence electrons. The first-order valence-electron chi connectivity index (χ1n) is 7.64. The smallest absolute Gasteiger partial charge is 0.129 e. The van der Waals surface area contributed by atoms with Gasteiger partial charge in [0.05, 0.1) is 11.4 Å². The van der Waals surface area contributed by atoms with E-state index in [1.165, 1.54) is 0 Å². The largest absolute Gasteiger partial charge is 0.231 e. The Labute approximate surface area is 137 Å². The third kappa shape index (κ3) is 3.42. The molecule has 2 aromatic rings. The Morgan fingerprint density at radius 3 is 1.91 bits per heavy atom. The summed E-state index contributed by atoms with van der Waals surface area (Å²) in [4.78, 5) is 4.79. The summed E-state index contributed by atoms with van der Waals surface area (Å²) in [6.07, 6.45) is 3.09. The summed E-state index contributed by atoms with van der Waals surface area (Å²) in [7, 11) is 0. The number of thiol groups is 1. The van der Waals surface area contributed by atoms with Gasteiger partial charge in [0.2, 0.25) is 0 Å². The minimum absolute atomic E-state index is 0.910. The second-order valence-electron chi connectivity index (χ2n) is 5.25. The number of hydrogen-bond donors (Lipinski definition) is 1. The Balaban J connectivity index is 1.91. The highest BCUT2D eigenvalue weighted by molar-refractivity contribution is 7.80. The van der Waals surface area contributed by atoms with Gasteiger partial charge in [0, 0.05) is 17.5 Å². The third-order valence-electron chi connectivity index (χ3n) is 3.61. The molecule has 0 aliphatic carbocycles. The van der Waals surface area contributed by atoms with Gasteiger partial charge in [-0.05, 0) is 18.6 Å². The predicted molar refractivity (Wildman–Crippen MR) is 97.0 cm³/mol. The van der Waals surface area contributed by atoms with Crippen molar-refractivity contribution in [3.05, 3.63) is 71.8 Å². The van der Waals surface area contributed by atoms with Gasteiger partial charge in [0.25, 0.3) is 0 Å². The lowest BCUT2D eigenvalue weighted by Crippen LogP contribution is -2.10. The first kappa shape index (κ1) is 14.9. The monoisotopic (exact) mass is 307 g/mol. The van der Waals surface area contributed by atoms with Crippen LogP contribution in [0.15, 0.2) is 65.7 Å². The maximum Gasteiger partial charge on any atom is 0.129 e. The topological polar surface area (TPSA) is 26.5 Å². The average Bonchev–Trinajstić information content (AvgIpc) is 3.01. The molecule has 0 bridgehead atoms. The van der Waals surface area contributed by atoms with Gasteiger partial charge in [-0.15, -0.1) is 0 Å². The molecule has 1 radical (unpaired) electrons. The molecule has 0 unspecified atom stereocenters. The fraction of sp³-hybridized carbons (Fsp3) is 0.211. The Bertz CT molecular complexity index is 675. The van der Waals surface area contributed by atoms with Gasteiger partial charge >= 0.3 is 0 Å². The molecule has 0 saturated carbocycles. The molecule has 0 fully saturated rings. The van der Waals surface area contributed by atoms with Gasteiger partial charge < -0.3 is 0 Å². The highest BCUT2D eigenvalue weighted by Gasteiger charge is 2.21. The van der Waals surface area contributed by atoms with Crippen molar-refractivity contribution in [1.82, 2.24) is 5.32 Å². The van der Waals surface area contributed by atoms with Crippen LogP contribution in [0.2, 0.25) is 0 Å². The zero-order chi connectivity index (χ0) is 15.2. The molecule has 0 N–H and O–H groups in total. The predicted octanol–water partition coefficient (Wildman–Crippen LogP) is 4.63. The number of nitrogens with zero attached hydrogens (tertiary/aromatic N) is 2. The Kier molecular flexibility index (Phi) is 4.96. The van der Waals surface area contributed by atoms with E-state index >= 15 is 0 Å². The summed E-state index contributed by atoms with van der Waals surface area (Å²) in [5.41, 5.74) is 4.20. The SMILES string of the molecule is SCCCCC1=NC(c2ccccc2)=C(c2ccccc2)[N]1. The number of benzene rings is 2. The number of amidine groups is 1. The van der Waals surface area contributed by atoms with E-state index < -0.39 is 0 Å². The first-order chi connectivity index (χ1) is 10.9.